The van der Waals surface area contributed by atoms with Gasteiger partial charge < -0.3 is 25.2 Å². The quantitative estimate of drug-likeness (QED) is 0.285. The van der Waals surface area contributed by atoms with E-state index in [1.165, 1.54) is 44.7 Å². The van der Waals surface area contributed by atoms with Crippen LogP contribution < -0.4 is 20.3 Å². The molecule has 9 nitrogen and oxygen atoms in total. The third-order valence-corrected chi connectivity index (χ3v) is 8.51. The van der Waals surface area contributed by atoms with Gasteiger partial charge in [-0.25, -0.2) is 4.98 Å². The standard InChI is InChI=1S/C30H35BrN8O/c1-37-14-16-39(17-15-37)23-9-12-38(13-10-23)24-6-8-27(28(19-24)40-2)35-30-33-20-25(31)29(36-30)34-22-5-7-26-21(18-22)4-3-11-32-26/h3-8,11,18-20,23H,9-10,12-17H2,1-2H3,(H2,33,34,35,36). The minimum atomic E-state index is 0.479. The predicted molar refractivity (Wildman–Crippen MR) is 165 cm³/mol. The number of rotatable bonds is 7. The first-order valence-corrected chi connectivity index (χ1v) is 14.6. The largest absolute Gasteiger partial charge is 0.494 e. The first-order chi connectivity index (χ1) is 19.6. The topological polar surface area (TPSA) is 81.7 Å². The van der Waals surface area contributed by atoms with E-state index in [4.69, 9.17) is 9.72 Å². The van der Waals surface area contributed by atoms with Crippen LogP contribution in [0.25, 0.3) is 10.9 Å². The van der Waals surface area contributed by atoms with Gasteiger partial charge in [0, 0.05) is 80.5 Å². The fourth-order valence-electron chi connectivity index (χ4n) is 5.58. The maximum atomic E-state index is 5.78. The number of methoxy groups -OCH3 is 1. The zero-order chi connectivity index (χ0) is 27.5. The van der Waals surface area contributed by atoms with Gasteiger partial charge in [-0.2, -0.15) is 4.98 Å². The van der Waals surface area contributed by atoms with Gasteiger partial charge in [-0.3, -0.25) is 9.88 Å². The molecule has 0 unspecified atom stereocenters. The van der Waals surface area contributed by atoms with Crippen molar-refractivity contribution in [2.75, 3.05) is 69.0 Å². The van der Waals surface area contributed by atoms with E-state index in [2.05, 4.69) is 82.5 Å². The molecule has 208 valence electrons. The summed E-state index contributed by atoms with van der Waals surface area (Å²) in [5, 5.41) is 7.79. The van der Waals surface area contributed by atoms with Crippen molar-refractivity contribution in [2.45, 2.75) is 18.9 Å². The maximum Gasteiger partial charge on any atom is 0.229 e. The summed E-state index contributed by atoms with van der Waals surface area (Å²) in [6.45, 7) is 6.83. The first kappa shape index (κ1) is 26.7. The molecule has 2 aromatic carbocycles. The van der Waals surface area contributed by atoms with Gasteiger partial charge in [0.1, 0.15) is 11.6 Å². The zero-order valence-electron chi connectivity index (χ0n) is 23.0. The molecule has 0 spiro atoms. The van der Waals surface area contributed by atoms with Crippen molar-refractivity contribution in [3.63, 3.8) is 0 Å². The van der Waals surface area contributed by atoms with Crippen LogP contribution >= 0.6 is 15.9 Å². The van der Waals surface area contributed by atoms with Crippen molar-refractivity contribution in [1.82, 2.24) is 24.8 Å². The Hall–Kier alpha value is -3.47. The Morgan fingerprint density at radius 3 is 2.55 bits per heavy atom. The highest BCUT2D eigenvalue weighted by Crippen LogP contribution is 2.34. The minimum absolute atomic E-state index is 0.479. The monoisotopic (exact) mass is 602 g/mol. The van der Waals surface area contributed by atoms with Gasteiger partial charge in [0.25, 0.3) is 0 Å². The molecule has 0 bridgehead atoms. The Morgan fingerprint density at radius 2 is 1.75 bits per heavy atom. The normalized spacial score (nSPS) is 17.2. The number of ether oxygens (including phenoxy) is 1. The Morgan fingerprint density at radius 1 is 0.925 bits per heavy atom. The Kier molecular flexibility index (Phi) is 7.99. The third-order valence-electron chi connectivity index (χ3n) is 7.93. The number of hydrogen-bond donors (Lipinski definition) is 2. The van der Waals surface area contributed by atoms with Crippen molar-refractivity contribution in [3.8, 4) is 5.75 Å². The average Bonchev–Trinajstić information content (AvgIpc) is 2.99. The molecule has 2 saturated heterocycles. The Bertz CT molecular complexity index is 1470. The number of nitrogens with one attached hydrogen (secondary N) is 2. The lowest BCUT2D eigenvalue weighted by atomic mass is 10.0. The number of benzene rings is 2. The van der Waals surface area contributed by atoms with Gasteiger partial charge in [-0.1, -0.05) is 6.07 Å². The van der Waals surface area contributed by atoms with Crippen molar-refractivity contribution < 1.29 is 4.74 Å². The fraction of sp³-hybridized carbons (Fsp3) is 0.367. The highest BCUT2D eigenvalue weighted by atomic mass is 79.9. The molecule has 40 heavy (non-hydrogen) atoms. The van der Waals surface area contributed by atoms with E-state index < -0.39 is 0 Å². The van der Waals surface area contributed by atoms with Crippen LogP contribution in [0.5, 0.6) is 5.75 Å². The number of aromatic nitrogens is 3. The van der Waals surface area contributed by atoms with Crippen LogP contribution in [0.2, 0.25) is 0 Å². The summed E-state index contributed by atoms with van der Waals surface area (Å²) < 4.78 is 6.55. The number of nitrogens with zero attached hydrogens (tertiary/aromatic N) is 6. The summed E-state index contributed by atoms with van der Waals surface area (Å²) in [6.07, 6.45) is 5.93. The number of piperazine rings is 1. The van der Waals surface area contributed by atoms with Crippen LogP contribution in [0.4, 0.5) is 28.8 Å². The van der Waals surface area contributed by atoms with Crippen molar-refractivity contribution in [1.29, 1.82) is 0 Å². The van der Waals surface area contributed by atoms with E-state index in [-0.39, 0.29) is 0 Å². The van der Waals surface area contributed by atoms with Crippen molar-refractivity contribution in [2.24, 2.45) is 0 Å². The van der Waals surface area contributed by atoms with E-state index in [0.29, 0.717) is 17.8 Å². The second-order valence-corrected chi connectivity index (χ2v) is 11.3. The van der Waals surface area contributed by atoms with Crippen LogP contribution in [0.1, 0.15) is 12.8 Å². The summed E-state index contributed by atoms with van der Waals surface area (Å²) >= 11 is 3.57. The molecular formula is C30H35BrN8O. The number of pyridine rings is 1. The maximum absolute atomic E-state index is 5.78. The van der Waals surface area contributed by atoms with Crippen LogP contribution in [-0.4, -0.2) is 84.2 Å². The lowest BCUT2D eigenvalue weighted by Crippen LogP contribution is -2.52. The van der Waals surface area contributed by atoms with E-state index in [1.54, 1.807) is 19.5 Å². The van der Waals surface area contributed by atoms with Crippen LogP contribution in [0.15, 0.2) is 65.4 Å². The van der Waals surface area contributed by atoms with Gasteiger partial charge in [0.15, 0.2) is 0 Å². The van der Waals surface area contributed by atoms with E-state index in [9.17, 15) is 0 Å². The van der Waals surface area contributed by atoms with Crippen molar-refractivity contribution in [3.05, 3.63) is 65.4 Å². The number of halogens is 1. The molecule has 4 heterocycles. The first-order valence-electron chi connectivity index (χ1n) is 13.8. The molecular weight excluding hydrogens is 568 g/mol. The summed E-state index contributed by atoms with van der Waals surface area (Å²) in [6, 6.07) is 17.0. The highest BCUT2D eigenvalue weighted by molar-refractivity contribution is 9.10. The summed E-state index contributed by atoms with van der Waals surface area (Å²) in [5.74, 6) is 1.91. The Labute approximate surface area is 243 Å². The molecule has 0 atom stereocenters. The molecule has 0 radical (unpaired) electrons. The molecule has 2 aliphatic rings. The Balaban J connectivity index is 1.12. The second kappa shape index (κ2) is 12.0. The molecule has 2 N–H and O–H groups in total. The molecule has 2 fully saturated rings. The van der Waals surface area contributed by atoms with Crippen LogP contribution in [0.3, 0.4) is 0 Å². The SMILES string of the molecule is COc1cc(N2CCC(N3CCN(C)CC3)CC2)ccc1Nc1ncc(Br)c(Nc2ccc3ncccc3c2)n1. The molecule has 6 rings (SSSR count). The number of hydrogen-bond acceptors (Lipinski definition) is 9. The van der Waals surface area contributed by atoms with Crippen LogP contribution in [0, 0.1) is 0 Å². The molecule has 0 amide bonds. The summed E-state index contributed by atoms with van der Waals surface area (Å²) in [5.41, 5.74) is 3.88. The molecule has 2 aliphatic heterocycles. The molecule has 10 heteroatoms. The summed E-state index contributed by atoms with van der Waals surface area (Å²) in [7, 11) is 3.92. The highest BCUT2D eigenvalue weighted by Gasteiger charge is 2.27. The smallest absolute Gasteiger partial charge is 0.229 e. The summed E-state index contributed by atoms with van der Waals surface area (Å²) in [4.78, 5) is 21.2. The van der Waals surface area contributed by atoms with Gasteiger partial charge in [0.05, 0.1) is 22.8 Å². The van der Waals surface area contributed by atoms with Gasteiger partial charge >= 0.3 is 0 Å². The van der Waals surface area contributed by atoms with Gasteiger partial charge in [-0.15, -0.1) is 0 Å². The number of anilines is 5. The van der Waals surface area contributed by atoms with Crippen molar-refractivity contribution >= 4 is 55.7 Å². The third kappa shape index (κ3) is 5.99. The molecule has 0 aliphatic carbocycles. The van der Waals surface area contributed by atoms with Crippen LogP contribution in [-0.2, 0) is 0 Å². The average molecular weight is 604 g/mol. The number of piperidine rings is 1. The van der Waals surface area contributed by atoms with E-state index in [1.807, 2.05) is 24.3 Å². The van der Waals surface area contributed by atoms with E-state index in [0.717, 1.165) is 45.6 Å². The molecule has 0 saturated carbocycles. The van der Waals surface area contributed by atoms with Gasteiger partial charge in [0.2, 0.25) is 5.95 Å². The van der Waals surface area contributed by atoms with E-state index >= 15 is 0 Å². The fourth-order valence-corrected chi connectivity index (χ4v) is 5.87. The molecule has 2 aromatic heterocycles. The lowest BCUT2D eigenvalue weighted by Gasteiger charge is -2.42. The van der Waals surface area contributed by atoms with Gasteiger partial charge in [-0.05, 0) is 72.2 Å². The molecule has 4 aromatic rings. The predicted octanol–water partition coefficient (Wildman–Crippen LogP) is 5.50. The number of likely N-dealkylation sites (N-methyl/N-ethyl adjacent to an activating group) is 1. The second-order valence-electron chi connectivity index (χ2n) is 10.5. The lowest BCUT2D eigenvalue weighted by molar-refractivity contribution is 0.0982. The minimum Gasteiger partial charge on any atom is -0.494 e. The number of fused-ring (bicyclic) bond motifs is 1. The zero-order valence-corrected chi connectivity index (χ0v) is 24.6.